The highest BCUT2D eigenvalue weighted by Crippen LogP contribution is 2.46. The first-order valence-electron chi connectivity index (χ1n) is 12.7. The van der Waals surface area contributed by atoms with Gasteiger partial charge in [0.05, 0.1) is 25.2 Å². The van der Waals surface area contributed by atoms with Gasteiger partial charge in [0.25, 0.3) is 0 Å². The number of esters is 1. The topological polar surface area (TPSA) is 64.6 Å². The van der Waals surface area contributed by atoms with Gasteiger partial charge in [0.15, 0.2) is 0 Å². The number of ketones is 1. The molecule has 3 unspecified atom stereocenters. The summed E-state index contributed by atoms with van der Waals surface area (Å²) in [7, 11) is 1.62. The molecule has 37 heavy (non-hydrogen) atoms. The molecule has 2 aliphatic rings. The maximum absolute atomic E-state index is 13.7. The van der Waals surface area contributed by atoms with Gasteiger partial charge in [-0.15, -0.1) is 0 Å². The van der Waals surface area contributed by atoms with Gasteiger partial charge in [0, 0.05) is 36.1 Å². The Balaban J connectivity index is 1.48. The van der Waals surface area contributed by atoms with Gasteiger partial charge in [-0.3, -0.25) is 4.79 Å². The summed E-state index contributed by atoms with van der Waals surface area (Å²) in [6.45, 7) is 2.16. The Kier molecular flexibility index (Phi) is 7.22. The summed E-state index contributed by atoms with van der Waals surface area (Å²) in [6.07, 6.45) is 3.17. The molecule has 1 aliphatic carbocycles. The van der Waals surface area contributed by atoms with Crippen molar-refractivity contribution in [3.8, 4) is 5.75 Å². The Bertz CT molecular complexity index is 1330. The van der Waals surface area contributed by atoms with E-state index >= 15 is 0 Å². The Morgan fingerprint density at radius 1 is 0.892 bits per heavy atom. The summed E-state index contributed by atoms with van der Waals surface area (Å²) < 4.78 is 11.1. The summed E-state index contributed by atoms with van der Waals surface area (Å²) in [4.78, 5) is 27.2. The third-order valence-electron chi connectivity index (χ3n) is 7.25. The largest absolute Gasteiger partial charge is 0.497 e. The molecule has 3 aromatic carbocycles. The Labute approximate surface area is 217 Å². The number of ether oxygens (including phenoxy) is 2. The number of carbonyl (C=O) groups excluding carboxylic acids is 2. The maximum Gasteiger partial charge on any atom is 0.336 e. The van der Waals surface area contributed by atoms with Gasteiger partial charge in [-0.25, -0.2) is 4.79 Å². The van der Waals surface area contributed by atoms with E-state index in [0.717, 1.165) is 33.8 Å². The molecule has 5 nitrogen and oxygen atoms in total. The maximum atomic E-state index is 13.7. The van der Waals surface area contributed by atoms with Crippen molar-refractivity contribution in [3.05, 3.63) is 125 Å². The van der Waals surface area contributed by atoms with Crippen LogP contribution >= 0.6 is 0 Å². The highest BCUT2D eigenvalue weighted by Gasteiger charge is 2.45. The average molecular weight is 494 g/mol. The second-order valence-corrected chi connectivity index (χ2v) is 9.57. The first-order valence-corrected chi connectivity index (χ1v) is 12.7. The van der Waals surface area contributed by atoms with Crippen LogP contribution in [0.3, 0.4) is 0 Å². The van der Waals surface area contributed by atoms with Crippen LogP contribution < -0.4 is 10.1 Å². The van der Waals surface area contributed by atoms with Crippen molar-refractivity contribution in [1.82, 2.24) is 5.32 Å². The number of allylic oxidation sites excluding steroid dienone is 3. The second kappa shape index (κ2) is 10.9. The quantitative estimate of drug-likeness (QED) is 0.428. The molecule has 0 spiro atoms. The highest BCUT2D eigenvalue weighted by atomic mass is 16.5. The molecule has 3 aromatic rings. The van der Waals surface area contributed by atoms with Crippen LogP contribution in [0.25, 0.3) is 0 Å². The van der Waals surface area contributed by atoms with Crippen LogP contribution in [0.15, 0.2) is 108 Å². The zero-order chi connectivity index (χ0) is 25.8. The molecule has 0 saturated carbocycles. The summed E-state index contributed by atoms with van der Waals surface area (Å²) in [6, 6.07) is 27.6. The van der Waals surface area contributed by atoms with Crippen LogP contribution in [-0.2, 0) is 20.7 Å². The van der Waals surface area contributed by atoms with Crippen molar-refractivity contribution in [2.24, 2.45) is 5.92 Å². The van der Waals surface area contributed by atoms with Gasteiger partial charge >= 0.3 is 5.97 Å². The van der Waals surface area contributed by atoms with Gasteiger partial charge < -0.3 is 14.8 Å². The van der Waals surface area contributed by atoms with E-state index in [9.17, 15) is 9.59 Å². The Morgan fingerprint density at radius 3 is 2.24 bits per heavy atom. The van der Waals surface area contributed by atoms with E-state index in [0.29, 0.717) is 18.4 Å². The van der Waals surface area contributed by atoms with Crippen LogP contribution in [0.2, 0.25) is 0 Å². The minimum Gasteiger partial charge on any atom is -0.497 e. The molecule has 0 amide bonds. The predicted molar refractivity (Wildman–Crippen MR) is 143 cm³/mol. The smallest absolute Gasteiger partial charge is 0.336 e. The summed E-state index contributed by atoms with van der Waals surface area (Å²) in [5.74, 6) is -0.475. The van der Waals surface area contributed by atoms with Crippen LogP contribution in [-0.4, -0.2) is 25.5 Å². The molecule has 1 heterocycles. The van der Waals surface area contributed by atoms with Crippen LogP contribution in [0.5, 0.6) is 5.75 Å². The molecule has 1 aliphatic heterocycles. The molecule has 1 N–H and O–H groups in total. The van der Waals surface area contributed by atoms with Crippen molar-refractivity contribution in [3.63, 3.8) is 0 Å². The molecule has 0 fully saturated rings. The monoisotopic (exact) mass is 493 g/mol. The number of hydrogen-bond acceptors (Lipinski definition) is 5. The molecule has 5 heteroatoms. The lowest BCUT2D eigenvalue weighted by Gasteiger charge is -2.39. The average Bonchev–Trinajstić information content (AvgIpc) is 2.93. The third kappa shape index (κ3) is 5.21. The second-order valence-electron chi connectivity index (χ2n) is 9.57. The molecule has 188 valence electrons. The third-order valence-corrected chi connectivity index (χ3v) is 7.25. The van der Waals surface area contributed by atoms with Gasteiger partial charge in [-0.1, -0.05) is 78.9 Å². The molecular formula is C32H31NO4. The lowest BCUT2D eigenvalue weighted by molar-refractivity contribution is -0.139. The normalized spacial score (nSPS) is 21.0. The minimum atomic E-state index is -0.478. The fourth-order valence-electron chi connectivity index (χ4n) is 5.41. The van der Waals surface area contributed by atoms with E-state index in [1.807, 2.05) is 79.7 Å². The van der Waals surface area contributed by atoms with E-state index in [1.54, 1.807) is 7.11 Å². The fourth-order valence-corrected chi connectivity index (χ4v) is 5.41. The number of rotatable bonds is 7. The molecule has 0 saturated heterocycles. The molecule has 0 bridgehead atoms. The van der Waals surface area contributed by atoms with Crippen molar-refractivity contribution in [1.29, 1.82) is 0 Å². The zero-order valence-corrected chi connectivity index (χ0v) is 21.1. The van der Waals surface area contributed by atoms with Crippen molar-refractivity contribution < 1.29 is 19.1 Å². The van der Waals surface area contributed by atoms with Crippen LogP contribution in [0, 0.1) is 5.92 Å². The summed E-state index contributed by atoms with van der Waals surface area (Å²) >= 11 is 0. The van der Waals surface area contributed by atoms with Crippen molar-refractivity contribution in [2.45, 2.75) is 31.6 Å². The Hall–Kier alpha value is -4.12. The van der Waals surface area contributed by atoms with Gasteiger partial charge in [0.2, 0.25) is 0 Å². The number of nitrogens with one attached hydrogen (secondary N) is 1. The molecule has 0 aromatic heterocycles. The predicted octanol–water partition coefficient (Wildman–Crippen LogP) is 5.70. The fraction of sp³-hybridized carbons (Fsp3) is 0.250. The van der Waals surface area contributed by atoms with Crippen LogP contribution in [0.4, 0.5) is 0 Å². The Morgan fingerprint density at radius 2 is 1.57 bits per heavy atom. The number of benzene rings is 3. The molecule has 3 atom stereocenters. The number of carbonyl (C=O) groups is 2. The number of hydrogen-bond donors (Lipinski definition) is 1. The van der Waals surface area contributed by atoms with Crippen molar-refractivity contribution >= 4 is 11.8 Å². The number of methoxy groups -OCH3 is 1. The van der Waals surface area contributed by atoms with Crippen molar-refractivity contribution in [2.75, 3.05) is 13.7 Å². The lowest BCUT2D eigenvalue weighted by atomic mass is 9.68. The molecule has 0 radical (unpaired) electrons. The van der Waals surface area contributed by atoms with E-state index in [2.05, 4.69) is 23.5 Å². The minimum absolute atomic E-state index is 0.00357. The number of fused-ring (bicyclic) bond motifs is 1. The zero-order valence-electron chi connectivity index (χ0n) is 21.1. The summed E-state index contributed by atoms with van der Waals surface area (Å²) in [5.41, 5.74) is 5.18. The first-order chi connectivity index (χ1) is 18.0. The van der Waals surface area contributed by atoms with Gasteiger partial charge in [-0.2, -0.15) is 0 Å². The molecule has 5 rings (SSSR count). The number of Topliss-reactive ketones (excluding diaryl/α,β-unsaturated/α-hetero) is 1. The van der Waals surface area contributed by atoms with E-state index < -0.39 is 17.8 Å². The van der Waals surface area contributed by atoms with Gasteiger partial charge in [-0.05, 0) is 35.7 Å². The van der Waals surface area contributed by atoms with E-state index in [4.69, 9.17) is 9.47 Å². The van der Waals surface area contributed by atoms with E-state index in [-0.39, 0.29) is 18.3 Å². The SMILES string of the molecule is COc1ccc(C2C(C(=O)OCCc3ccccc3)=C(C)NC3=CC(c4ccccc4)CC(=O)C32)cc1. The van der Waals surface area contributed by atoms with E-state index in [1.165, 1.54) is 0 Å². The standard InChI is InChI=1S/C32H31NO4/c1-21-29(32(35)37-18-17-22-9-5-3-6-10-22)30(24-13-15-26(36-2)16-14-24)31-27(33-21)19-25(20-28(31)34)23-11-7-4-8-12-23/h3-16,19,25,30-31,33H,17-18,20H2,1-2H3. The lowest BCUT2D eigenvalue weighted by Crippen LogP contribution is -2.42. The molecular weight excluding hydrogens is 462 g/mol. The van der Waals surface area contributed by atoms with Crippen LogP contribution in [0.1, 0.15) is 41.9 Å². The van der Waals surface area contributed by atoms with Gasteiger partial charge in [0.1, 0.15) is 11.5 Å². The summed E-state index contributed by atoms with van der Waals surface area (Å²) in [5, 5.41) is 3.40. The first kappa shape index (κ1) is 24.6. The highest BCUT2D eigenvalue weighted by molar-refractivity contribution is 5.96.